The molecule has 43 heavy (non-hydrogen) atoms. The van der Waals surface area contributed by atoms with Crippen LogP contribution in [0.5, 0.6) is 5.75 Å². The molecule has 0 aliphatic heterocycles. The minimum Gasteiger partial charge on any atom is -0.493 e. The molecule has 0 spiro atoms. The monoisotopic (exact) mass is 576 g/mol. The van der Waals surface area contributed by atoms with Gasteiger partial charge in [0.15, 0.2) is 0 Å². The molecule has 0 bridgehead atoms. The fraction of sp³-hybridized carbons (Fsp3) is 0.263. The number of aromatic carboxylic acids is 2. The Kier molecular flexibility index (Phi) is 12.2. The Morgan fingerprint density at radius 1 is 0.628 bits per heavy atom. The van der Waals surface area contributed by atoms with E-state index in [4.69, 9.17) is 4.74 Å². The summed E-state index contributed by atoms with van der Waals surface area (Å²) in [6, 6.07) is 32.8. The minimum atomic E-state index is -0.934. The van der Waals surface area contributed by atoms with Gasteiger partial charge in [0.1, 0.15) is 5.75 Å². The zero-order chi connectivity index (χ0) is 30.3. The molecule has 5 nitrogen and oxygen atoms in total. The van der Waals surface area contributed by atoms with Crippen molar-refractivity contribution >= 4 is 18.0 Å². The van der Waals surface area contributed by atoms with Gasteiger partial charge in [0.2, 0.25) is 0 Å². The molecule has 4 aromatic carbocycles. The Bertz CT molecular complexity index is 1460. The van der Waals surface area contributed by atoms with Gasteiger partial charge in [-0.2, -0.15) is 0 Å². The van der Waals surface area contributed by atoms with Gasteiger partial charge in [-0.1, -0.05) is 97.8 Å². The van der Waals surface area contributed by atoms with E-state index in [0.29, 0.717) is 6.61 Å². The Balaban J connectivity index is 1.35. The first-order valence-electron chi connectivity index (χ1n) is 15.1. The van der Waals surface area contributed by atoms with Crippen LogP contribution >= 0.6 is 0 Å². The number of rotatable bonds is 17. The number of carboxylic acid groups (broad SMARTS) is 2. The third-order valence-electron chi connectivity index (χ3n) is 7.63. The summed E-state index contributed by atoms with van der Waals surface area (Å²) in [5.41, 5.74) is 5.13. The second-order valence-electron chi connectivity index (χ2n) is 10.9. The van der Waals surface area contributed by atoms with Gasteiger partial charge in [0.05, 0.1) is 17.7 Å². The molecule has 0 fully saturated rings. The Labute approximate surface area is 254 Å². The number of hydrogen-bond donors (Lipinski definition) is 2. The predicted molar refractivity (Wildman–Crippen MR) is 172 cm³/mol. The van der Waals surface area contributed by atoms with Crippen LogP contribution in [0.1, 0.15) is 75.1 Å². The number of hydrogen-bond acceptors (Lipinski definition) is 3. The van der Waals surface area contributed by atoms with E-state index in [2.05, 4.69) is 48.6 Å². The summed E-state index contributed by atoms with van der Waals surface area (Å²) in [7, 11) is 0. The molecule has 0 radical (unpaired) electrons. The number of carbonyl (C=O) groups is 2. The number of allylic oxidation sites excluding steroid dienone is 1. The summed E-state index contributed by atoms with van der Waals surface area (Å²) in [4.78, 5) is 22.5. The molecule has 0 aliphatic rings. The maximum Gasteiger partial charge on any atom is 0.335 e. The van der Waals surface area contributed by atoms with E-state index in [9.17, 15) is 19.8 Å². The molecule has 0 aromatic heterocycles. The van der Waals surface area contributed by atoms with Crippen LogP contribution in [0.15, 0.2) is 109 Å². The summed E-state index contributed by atoms with van der Waals surface area (Å²) in [6.45, 7) is 0.682. The highest BCUT2D eigenvalue weighted by molar-refractivity contribution is 5.88. The normalized spacial score (nSPS) is 11.8. The molecule has 4 rings (SSSR count). The predicted octanol–water partition coefficient (Wildman–Crippen LogP) is 8.77. The van der Waals surface area contributed by atoms with Crippen molar-refractivity contribution in [3.05, 3.63) is 143 Å². The van der Waals surface area contributed by atoms with E-state index in [1.165, 1.54) is 18.4 Å². The second-order valence-corrected chi connectivity index (χ2v) is 10.9. The highest BCUT2D eigenvalue weighted by Gasteiger charge is 2.11. The minimum absolute atomic E-state index is 0.187. The fourth-order valence-electron chi connectivity index (χ4n) is 5.12. The summed E-state index contributed by atoms with van der Waals surface area (Å²) in [5, 5.41) is 18.5. The standard InChI is InChI=1S/C38H40O5/c39-37(40)34-23-17-30(18-24-34)15-16-31(28-32-20-25-35(26-21-32)38(41)42)19-22-33-13-7-8-14-36(33)43-27-9-2-1-4-10-29-11-5-3-6-12-29/h3,5-8,11-14,17-26,31H,1-2,4,9-10,15-16,27-28H2,(H,39,40)(H,41,42)/b22-19+. The first kappa shape index (κ1) is 31.3. The lowest BCUT2D eigenvalue weighted by molar-refractivity contribution is 0.0686. The van der Waals surface area contributed by atoms with E-state index in [1.54, 1.807) is 24.3 Å². The third kappa shape index (κ3) is 10.6. The zero-order valence-electron chi connectivity index (χ0n) is 24.5. The van der Waals surface area contributed by atoms with Gasteiger partial charge >= 0.3 is 11.9 Å². The van der Waals surface area contributed by atoms with Crippen LogP contribution in [0.4, 0.5) is 0 Å². The number of carboxylic acids is 2. The van der Waals surface area contributed by atoms with Crippen LogP contribution in [0, 0.1) is 5.92 Å². The maximum atomic E-state index is 11.3. The second kappa shape index (κ2) is 16.7. The molecule has 0 saturated heterocycles. The summed E-state index contributed by atoms with van der Waals surface area (Å²) in [5.74, 6) is -0.804. The number of para-hydroxylation sites is 1. The molecule has 1 unspecified atom stereocenters. The van der Waals surface area contributed by atoms with Crippen molar-refractivity contribution in [2.24, 2.45) is 5.92 Å². The van der Waals surface area contributed by atoms with Crippen molar-refractivity contribution in [1.82, 2.24) is 0 Å². The molecule has 0 heterocycles. The highest BCUT2D eigenvalue weighted by Crippen LogP contribution is 2.24. The van der Waals surface area contributed by atoms with Gasteiger partial charge in [-0.15, -0.1) is 0 Å². The van der Waals surface area contributed by atoms with Crippen LogP contribution in [0.2, 0.25) is 0 Å². The van der Waals surface area contributed by atoms with Gasteiger partial charge in [-0.05, 0) is 91.5 Å². The average Bonchev–Trinajstić information content (AvgIpc) is 3.03. The van der Waals surface area contributed by atoms with Gasteiger partial charge in [0.25, 0.3) is 0 Å². The van der Waals surface area contributed by atoms with E-state index in [1.807, 2.05) is 42.5 Å². The van der Waals surface area contributed by atoms with Gasteiger partial charge in [-0.3, -0.25) is 0 Å². The van der Waals surface area contributed by atoms with E-state index >= 15 is 0 Å². The fourth-order valence-corrected chi connectivity index (χ4v) is 5.12. The SMILES string of the molecule is O=C(O)c1ccc(CCC(/C=C/c2ccccc2OCCCCCCc2ccccc2)Cc2ccc(C(=O)O)cc2)cc1. The molecule has 222 valence electrons. The van der Waals surface area contributed by atoms with Crippen molar-refractivity contribution in [2.75, 3.05) is 6.61 Å². The van der Waals surface area contributed by atoms with Crippen LogP contribution in [-0.4, -0.2) is 28.8 Å². The molecular weight excluding hydrogens is 536 g/mol. The molecule has 1 atom stereocenters. The summed E-state index contributed by atoms with van der Waals surface area (Å²) in [6.07, 6.45) is 12.4. The van der Waals surface area contributed by atoms with Crippen molar-refractivity contribution in [3.8, 4) is 5.75 Å². The number of ether oxygens (including phenoxy) is 1. The molecule has 2 N–H and O–H groups in total. The Morgan fingerprint density at radius 2 is 1.21 bits per heavy atom. The number of aryl methyl sites for hydroxylation is 2. The first-order chi connectivity index (χ1) is 21.0. The maximum absolute atomic E-state index is 11.3. The van der Waals surface area contributed by atoms with Crippen molar-refractivity contribution in [3.63, 3.8) is 0 Å². The largest absolute Gasteiger partial charge is 0.493 e. The van der Waals surface area contributed by atoms with Crippen LogP contribution in [-0.2, 0) is 19.3 Å². The quantitative estimate of drug-likeness (QED) is 0.123. The van der Waals surface area contributed by atoms with Crippen molar-refractivity contribution in [2.45, 2.75) is 51.4 Å². The summed E-state index contributed by atoms with van der Waals surface area (Å²) >= 11 is 0. The summed E-state index contributed by atoms with van der Waals surface area (Å²) < 4.78 is 6.19. The van der Waals surface area contributed by atoms with Crippen LogP contribution < -0.4 is 4.74 Å². The van der Waals surface area contributed by atoms with Crippen LogP contribution in [0.3, 0.4) is 0 Å². The molecular formula is C38H40O5. The van der Waals surface area contributed by atoms with E-state index in [-0.39, 0.29) is 17.0 Å². The van der Waals surface area contributed by atoms with Gasteiger partial charge < -0.3 is 14.9 Å². The molecule has 0 saturated carbocycles. The zero-order valence-corrected chi connectivity index (χ0v) is 24.5. The first-order valence-corrected chi connectivity index (χ1v) is 15.1. The molecule has 0 aliphatic carbocycles. The molecule has 5 heteroatoms. The topological polar surface area (TPSA) is 83.8 Å². The molecule has 4 aromatic rings. The lowest BCUT2D eigenvalue weighted by Gasteiger charge is -2.15. The number of unbranched alkanes of at least 4 members (excludes halogenated alkanes) is 3. The van der Waals surface area contributed by atoms with Crippen molar-refractivity contribution in [1.29, 1.82) is 0 Å². The smallest absolute Gasteiger partial charge is 0.335 e. The van der Waals surface area contributed by atoms with Crippen LogP contribution in [0.25, 0.3) is 6.08 Å². The average molecular weight is 577 g/mol. The lowest BCUT2D eigenvalue weighted by Crippen LogP contribution is -2.05. The lowest BCUT2D eigenvalue weighted by atomic mass is 9.91. The van der Waals surface area contributed by atoms with E-state index in [0.717, 1.165) is 61.0 Å². The number of benzene rings is 4. The Hall–Kier alpha value is -4.64. The van der Waals surface area contributed by atoms with E-state index < -0.39 is 11.9 Å². The highest BCUT2D eigenvalue weighted by atomic mass is 16.5. The van der Waals surface area contributed by atoms with Gasteiger partial charge in [0, 0.05) is 5.56 Å². The molecule has 0 amide bonds. The van der Waals surface area contributed by atoms with Crippen molar-refractivity contribution < 1.29 is 24.5 Å². The third-order valence-corrected chi connectivity index (χ3v) is 7.63. The van der Waals surface area contributed by atoms with Gasteiger partial charge in [-0.25, -0.2) is 9.59 Å². The Morgan fingerprint density at radius 3 is 1.88 bits per heavy atom.